The number of amides is 1. The average Bonchev–Trinajstić information content (AvgIpc) is 2.69. The Labute approximate surface area is 179 Å². The van der Waals surface area contributed by atoms with Crippen LogP contribution in [0.4, 0.5) is 5.69 Å². The molecule has 0 atom stereocenters. The van der Waals surface area contributed by atoms with Crippen molar-refractivity contribution in [1.29, 1.82) is 0 Å². The smallest absolute Gasteiger partial charge is 0.263 e. The van der Waals surface area contributed by atoms with Crippen molar-refractivity contribution in [2.75, 3.05) is 11.8 Å². The van der Waals surface area contributed by atoms with Crippen LogP contribution in [0, 0.1) is 0 Å². The number of halogens is 2. The first-order valence-corrected chi connectivity index (χ1v) is 10.9. The fourth-order valence-corrected chi connectivity index (χ4v) is 4.57. The molecule has 0 bridgehead atoms. The molecule has 5 nitrogen and oxygen atoms in total. The molecule has 3 aromatic rings. The van der Waals surface area contributed by atoms with Crippen molar-refractivity contribution in [3.63, 3.8) is 0 Å². The summed E-state index contributed by atoms with van der Waals surface area (Å²) in [6.07, 6.45) is 0. The van der Waals surface area contributed by atoms with Gasteiger partial charge in [-0.2, -0.15) is 0 Å². The van der Waals surface area contributed by atoms with Crippen LogP contribution < -0.4 is 4.72 Å². The van der Waals surface area contributed by atoms with Crippen molar-refractivity contribution in [2.24, 2.45) is 0 Å². The summed E-state index contributed by atoms with van der Waals surface area (Å²) < 4.78 is 27.8. The van der Waals surface area contributed by atoms with Gasteiger partial charge in [-0.05, 0) is 42.0 Å². The van der Waals surface area contributed by atoms with Gasteiger partial charge in [0.25, 0.3) is 15.9 Å². The van der Waals surface area contributed by atoms with Crippen molar-refractivity contribution in [3.8, 4) is 0 Å². The van der Waals surface area contributed by atoms with Crippen molar-refractivity contribution < 1.29 is 13.2 Å². The molecule has 0 spiro atoms. The largest absolute Gasteiger partial charge is 0.337 e. The second kappa shape index (κ2) is 8.86. The summed E-state index contributed by atoms with van der Waals surface area (Å²) in [6.45, 7) is 0.438. The standard InChI is InChI=1S/C21H18Cl2N2O3S/c1-25(14-15-6-3-2-4-7-15)21(26)16-8-5-9-18(12-16)24-29(27,28)20-13-17(22)10-11-19(20)23/h2-13,24H,14H2,1H3. The van der Waals surface area contributed by atoms with E-state index < -0.39 is 10.0 Å². The Morgan fingerprint density at radius 3 is 2.41 bits per heavy atom. The predicted octanol–water partition coefficient (Wildman–Crippen LogP) is 5.07. The number of carbonyl (C=O) groups is 1. The molecule has 0 aromatic heterocycles. The minimum absolute atomic E-state index is 0.0525. The van der Waals surface area contributed by atoms with Gasteiger partial charge in [-0.25, -0.2) is 8.42 Å². The number of rotatable bonds is 6. The Hall–Kier alpha value is -2.54. The highest BCUT2D eigenvalue weighted by Crippen LogP contribution is 2.27. The quantitative estimate of drug-likeness (QED) is 0.572. The molecular weight excluding hydrogens is 431 g/mol. The predicted molar refractivity (Wildman–Crippen MR) is 116 cm³/mol. The number of hydrogen-bond donors (Lipinski definition) is 1. The monoisotopic (exact) mass is 448 g/mol. The van der Waals surface area contributed by atoms with E-state index in [1.165, 1.54) is 24.3 Å². The molecule has 29 heavy (non-hydrogen) atoms. The fraction of sp³-hybridized carbons (Fsp3) is 0.0952. The van der Waals surface area contributed by atoms with Crippen LogP contribution in [-0.4, -0.2) is 26.3 Å². The van der Waals surface area contributed by atoms with Crippen molar-refractivity contribution >= 4 is 44.8 Å². The zero-order chi connectivity index (χ0) is 21.0. The summed E-state index contributed by atoms with van der Waals surface area (Å²) in [5, 5.41) is 0.304. The van der Waals surface area contributed by atoms with Gasteiger partial charge in [0.05, 0.1) is 5.02 Å². The number of sulfonamides is 1. The lowest BCUT2D eigenvalue weighted by atomic mass is 10.1. The van der Waals surface area contributed by atoms with Gasteiger partial charge in [-0.15, -0.1) is 0 Å². The van der Waals surface area contributed by atoms with Gasteiger partial charge in [0.1, 0.15) is 4.90 Å². The van der Waals surface area contributed by atoms with Gasteiger partial charge < -0.3 is 4.90 Å². The van der Waals surface area contributed by atoms with Crippen LogP contribution in [-0.2, 0) is 16.6 Å². The van der Waals surface area contributed by atoms with Gasteiger partial charge in [0.2, 0.25) is 0 Å². The highest BCUT2D eigenvalue weighted by atomic mass is 35.5. The lowest BCUT2D eigenvalue weighted by Crippen LogP contribution is -2.26. The molecule has 0 saturated carbocycles. The maximum absolute atomic E-state index is 12.7. The van der Waals surface area contributed by atoms with E-state index in [4.69, 9.17) is 23.2 Å². The third kappa shape index (κ3) is 5.29. The molecular formula is C21H18Cl2N2O3S. The molecule has 0 aliphatic heterocycles. The van der Waals surface area contributed by atoms with Crippen LogP contribution in [0.15, 0.2) is 77.7 Å². The highest BCUT2D eigenvalue weighted by molar-refractivity contribution is 7.92. The number of hydrogen-bond acceptors (Lipinski definition) is 3. The zero-order valence-electron chi connectivity index (χ0n) is 15.5. The van der Waals surface area contributed by atoms with E-state index in [0.29, 0.717) is 12.1 Å². The maximum Gasteiger partial charge on any atom is 0.263 e. The van der Waals surface area contributed by atoms with Crippen LogP contribution in [0.5, 0.6) is 0 Å². The van der Waals surface area contributed by atoms with E-state index in [1.807, 2.05) is 30.3 Å². The van der Waals surface area contributed by atoms with Crippen LogP contribution in [0.2, 0.25) is 10.0 Å². The molecule has 0 unspecified atom stereocenters. The summed E-state index contributed by atoms with van der Waals surface area (Å²) >= 11 is 11.9. The first-order valence-electron chi connectivity index (χ1n) is 8.63. The molecule has 0 fully saturated rings. The van der Waals surface area contributed by atoms with Gasteiger partial charge >= 0.3 is 0 Å². The normalized spacial score (nSPS) is 11.1. The lowest BCUT2D eigenvalue weighted by Gasteiger charge is -2.18. The molecule has 0 aliphatic rings. The first-order chi connectivity index (χ1) is 13.8. The van der Waals surface area contributed by atoms with E-state index in [1.54, 1.807) is 30.1 Å². The Bertz CT molecular complexity index is 1140. The Morgan fingerprint density at radius 1 is 0.966 bits per heavy atom. The fourth-order valence-electron chi connectivity index (χ4n) is 2.76. The van der Waals surface area contributed by atoms with E-state index in [-0.39, 0.29) is 26.5 Å². The molecule has 150 valence electrons. The Balaban J connectivity index is 1.80. The minimum Gasteiger partial charge on any atom is -0.337 e. The second-order valence-electron chi connectivity index (χ2n) is 6.41. The van der Waals surface area contributed by atoms with Crippen molar-refractivity contribution in [1.82, 2.24) is 4.90 Å². The van der Waals surface area contributed by atoms with Gasteiger partial charge in [-0.3, -0.25) is 9.52 Å². The topological polar surface area (TPSA) is 66.5 Å². The molecule has 3 aromatic carbocycles. The van der Waals surface area contributed by atoms with Crippen LogP contribution in [0.25, 0.3) is 0 Å². The first kappa shape index (κ1) is 21.2. The van der Waals surface area contributed by atoms with E-state index >= 15 is 0 Å². The van der Waals surface area contributed by atoms with Crippen molar-refractivity contribution in [3.05, 3.63) is 94.0 Å². The number of anilines is 1. The Kier molecular flexibility index (Phi) is 6.47. The Morgan fingerprint density at radius 2 is 1.69 bits per heavy atom. The average molecular weight is 449 g/mol. The van der Waals surface area contributed by atoms with Crippen LogP contribution in [0.1, 0.15) is 15.9 Å². The third-order valence-corrected chi connectivity index (χ3v) is 6.25. The number of benzene rings is 3. The molecule has 8 heteroatoms. The SMILES string of the molecule is CN(Cc1ccccc1)C(=O)c1cccc(NS(=O)(=O)c2cc(Cl)ccc2Cl)c1. The number of nitrogens with zero attached hydrogens (tertiary/aromatic N) is 1. The molecule has 0 heterocycles. The molecule has 3 rings (SSSR count). The van der Waals surface area contributed by atoms with Crippen molar-refractivity contribution in [2.45, 2.75) is 11.4 Å². The molecule has 0 aliphatic carbocycles. The van der Waals surface area contributed by atoms with Gasteiger partial charge in [0, 0.05) is 29.9 Å². The van der Waals surface area contributed by atoms with Crippen LogP contribution >= 0.6 is 23.2 Å². The van der Waals surface area contributed by atoms with Gasteiger partial charge in [-0.1, -0.05) is 59.6 Å². The second-order valence-corrected chi connectivity index (χ2v) is 8.90. The molecule has 1 amide bonds. The molecule has 0 radical (unpaired) electrons. The summed E-state index contributed by atoms with van der Waals surface area (Å²) in [7, 11) is -2.28. The molecule has 1 N–H and O–H groups in total. The minimum atomic E-state index is -3.97. The third-order valence-electron chi connectivity index (χ3n) is 4.15. The number of carbonyl (C=O) groups excluding carboxylic acids is 1. The van der Waals surface area contributed by atoms with E-state index in [9.17, 15) is 13.2 Å². The van der Waals surface area contributed by atoms with Crippen LogP contribution in [0.3, 0.4) is 0 Å². The summed E-state index contributed by atoms with van der Waals surface area (Å²) in [4.78, 5) is 14.2. The summed E-state index contributed by atoms with van der Waals surface area (Å²) in [5.41, 5.74) is 1.61. The molecule has 0 saturated heterocycles. The zero-order valence-corrected chi connectivity index (χ0v) is 17.8. The van der Waals surface area contributed by atoms with E-state index in [0.717, 1.165) is 5.56 Å². The highest BCUT2D eigenvalue weighted by Gasteiger charge is 2.20. The maximum atomic E-state index is 12.7. The van der Waals surface area contributed by atoms with E-state index in [2.05, 4.69) is 4.72 Å². The van der Waals surface area contributed by atoms with Gasteiger partial charge in [0.15, 0.2) is 0 Å². The summed E-state index contributed by atoms with van der Waals surface area (Å²) in [5.74, 6) is -0.226. The summed E-state index contributed by atoms with van der Waals surface area (Å²) in [6, 6.07) is 20.1. The lowest BCUT2D eigenvalue weighted by molar-refractivity contribution is 0.0785. The number of nitrogens with one attached hydrogen (secondary N) is 1.